The molecule has 172 valence electrons. The molecule has 7 heteroatoms. The number of anilines is 3. The van der Waals surface area contributed by atoms with E-state index in [-0.39, 0.29) is 5.91 Å². The van der Waals surface area contributed by atoms with Crippen molar-refractivity contribution in [3.8, 4) is 10.4 Å². The summed E-state index contributed by atoms with van der Waals surface area (Å²) in [6.07, 6.45) is 2.34. The number of ether oxygens (including phenoxy) is 1. The monoisotopic (exact) mass is 462 g/mol. The third-order valence-electron chi connectivity index (χ3n) is 6.63. The number of nitrogens with zero attached hydrogens (tertiary/aromatic N) is 2. The number of amides is 1. The molecule has 2 aliphatic rings. The van der Waals surface area contributed by atoms with Gasteiger partial charge >= 0.3 is 0 Å². The van der Waals surface area contributed by atoms with Crippen molar-refractivity contribution < 1.29 is 9.53 Å². The second kappa shape index (κ2) is 9.95. The molecule has 2 saturated heterocycles. The second-order valence-corrected chi connectivity index (χ2v) is 9.59. The fraction of sp³-hybridized carbons (Fsp3) is 0.346. The highest BCUT2D eigenvalue weighted by Gasteiger charge is 2.26. The third kappa shape index (κ3) is 5.05. The summed E-state index contributed by atoms with van der Waals surface area (Å²) in [6.45, 7) is 5.89. The Morgan fingerprint density at radius 3 is 2.45 bits per heavy atom. The molecule has 0 unspecified atom stereocenters. The molecular weight excluding hydrogens is 432 g/mol. The van der Waals surface area contributed by atoms with Gasteiger partial charge in [0, 0.05) is 48.3 Å². The van der Waals surface area contributed by atoms with E-state index in [2.05, 4.69) is 33.3 Å². The maximum absolute atomic E-state index is 12.9. The molecule has 1 amide bonds. The molecular formula is C26H30N4O2S. The summed E-state index contributed by atoms with van der Waals surface area (Å²) in [6, 6.07) is 18.4. The fourth-order valence-corrected chi connectivity index (χ4v) is 5.43. The van der Waals surface area contributed by atoms with Crippen LogP contribution in [0.2, 0.25) is 0 Å². The van der Waals surface area contributed by atoms with Crippen LogP contribution in [0.1, 0.15) is 23.2 Å². The van der Waals surface area contributed by atoms with Crippen LogP contribution in [0, 0.1) is 0 Å². The van der Waals surface area contributed by atoms with E-state index in [4.69, 9.17) is 10.5 Å². The molecule has 1 aromatic heterocycles. The Labute approximate surface area is 199 Å². The van der Waals surface area contributed by atoms with E-state index >= 15 is 0 Å². The number of carbonyl (C=O) groups is 1. The average molecular weight is 463 g/mol. The van der Waals surface area contributed by atoms with E-state index in [9.17, 15) is 4.79 Å². The number of hydrogen-bond donors (Lipinski definition) is 2. The van der Waals surface area contributed by atoms with E-state index in [1.165, 1.54) is 18.5 Å². The number of nitrogen functional groups attached to an aromatic ring is 1. The predicted octanol–water partition coefficient (Wildman–Crippen LogP) is 4.55. The van der Waals surface area contributed by atoms with Gasteiger partial charge in [-0.05, 0) is 66.2 Å². The lowest BCUT2D eigenvalue weighted by Gasteiger charge is -2.40. The lowest BCUT2D eigenvalue weighted by molar-refractivity contribution is 0.0115. The number of carbonyl (C=O) groups excluding carboxylic acids is 1. The van der Waals surface area contributed by atoms with E-state index in [1.54, 1.807) is 11.3 Å². The largest absolute Gasteiger partial charge is 0.397 e. The van der Waals surface area contributed by atoms with Crippen molar-refractivity contribution >= 4 is 34.3 Å². The first-order chi connectivity index (χ1) is 16.2. The van der Waals surface area contributed by atoms with Crippen molar-refractivity contribution in [3.05, 3.63) is 65.5 Å². The van der Waals surface area contributed by atoms with Gasteiger partial charge in [0.1, 0.15) is 0 Å². The molecule has 0 atom stereocenters. The number of benzene rings is 2. The fourth-order valence-electron chi connectivity index (χ4n) is 4.71. The van der Waals surface area contributed by atoms with Gasteiger partial charge in [0.05, 0.1) is 24.6 Å². The molecule has 0 bridgehead atoms. The van der Waals surface area contributed by atoms with Crippen LogP contribution < -0.4 is 16.0 Å². The van der Waals surface area contributed by atoms with Crippen LogP contribution in [-0.4, -0.2) is 56.2 Å². The number of morpholine rings is 1. The molecule has 0 radical (unpaired) electrons. The molecule has 0 saturated carbocycles. The Hall–Kier alpha value is -2.87. The molecule has 3 aromatic rings. The van der Waals surface area contributed by atoms with Crippen LogP contribution in [0.4, 0.5) is 17.1 Å². The van der Waals surface area contributed by atoms with E-state index < -0.39 is 0 Å². The van der Waals surface area contributed by atoms with Crippen LogP contribution in [0.5, 0.6) is 0 Å². The number of nitrogens with two attached hydrogens (primary N) is 1. The summed E-state index contributed by atoms with van der Waals surface area (Å²) >= 11 is 1.66. The zero-order valence-corrected chi connectivity index (χ0v) is 19.5. The molecule has 3 N–H and O–H groups in total. The molecule has 6 nitrogen and oxygen atoms in total. The molecule has 0 spiro atoms. The van der Waals surface area contributed by atoms with E-state index in [1.807, 2.05) is 41.8 Å². The minimum absolute atomic E-state index is 0.150. The molecule has 33 heavy (non-hydrogen) atoms. The van der Waals surface area contributed by atoms with Gasteiger partial charge in [-0.3, -0.25) is 9.69 Å². The minimum atomic E-state index is -0.150. The first-order valence-electron chi connectivity index (χ1n) is 11.6. The van der Waals surface area contributed by atoms with Gasteiger partial charge in [-0.1, -0.05) is 12.1 Å². The number of piperidine rings is 1. The van der Waals surface area contributed by atoms with Crippen molar-refractivity contribution in [2.24, 2.45) is 0 Å². The van der Waals surface area contributed by atoms with Gasteiger partial charge < -0.3 is 20.7 Å². The Bertz CT molecular complexity index is 1070. The standard InChI is InChI=1S/C26H30N4O2S/c27-23-8-5-20(25-2-1-17-33-25)18-24(23)28-26(31)19-3-6-21(7-4-19)29-11-9-22(10-12-29)30-13-15-32-16-14-30/h1-8,17-18,22H,9-16,27H2,(H,28,31). The van der Waals surface area contributed by atoms with Crippen LogP contribution in [0.25, 0.3) is 10.4 Å². The lowest BCUT2D eigenvalue weighted by Crippen LogP contribution is -2.49. The van der Waals surface area contributed by atoms with Crippen molar-refractivity contribution in [3.63, 3.8) is 0 Å². The Balaban J connectivity index is 1.20. The highest BCUT2D eigenvalue weighted by Crippen LogP contribution is 2.30. The summed E-state index contributed by atoms with van der Waals surface area (Å²) in [5, 5.41) is 5.02. The highest BCUT2D eigenvalue weighted by molar-refractivity contribution is 7.13. The second-order valence-electron chi connectivity index (χ2n) is 8.65. The van der Waals surface area contributed by atoms with Crippen molar-refractivity contribution in [2.45, 2.75) is 18.9 Å². The minimum Gasteiger partial charge on any atom is -0.397 e. The lowest BCUT2D eigenvalue weighted by atomic mass is 10.0. The van der Waals surface area contributed by atoms with E-state index in [0.29, 0.717) is 23.0 Å². The predicted molar refractivity (Wildman–Crippen MR) is 136 cm³/mol. The van der Waals surface area contributed by atoms with Gasteiger partial charge in [-0.25, -0.2) is 0 Å². The van der Waals surface area contributed by atoms with Gasteiger partial charge in [0.15, 0.2) is 0 Å². The third-order valence-corrected chi connectivity index (χ3v) is 7.55. The van der Waals surface area contributed by atoms with Gasteiger partial charge in [-0.15, -0.1) is 11.3 Å². The molecule has 2 aromatic carbocycles. The van der Waals surface area contributed by atoms with Crippen LogP contribution in [0.3, 0.4) is 0 Å². The summed E-state index contributed by atoms with van der Waals surface area (Å²) < 4.78 is 5.49. The maximum Gasteiger partial charge on any atom is 0.255 e. The van der Waals surface area contributed by atoms with Crippen molar-refractivity contribution in [1.29, 1.82) is 0 Å². The van der Waals surface area contributed by atoms with Crippen LogP contribution in [0.15, 0.2) is 60.0 Å². The summed E-state index contributed by atoms with van der Waals surface area (Å²) in [4.78, 5) is 19.0. The average Bonchev–Trinajstić information content (AvgIpc) is 3.41. The summed E-state index contributed by atoms with van der Waals surface area (Å²) in [5.74, 6) is -0.150. The first-order valence-corrected chi connectivity index (χ1v) is 12.5. The van der Waals surface area contributed by atoms with Crippen molar-refractivity contribution in [1.82, 2.24) is 4.90 Å². The normalized spacial score (nSPS) is 17.8. The highest BCUT2D eigenvalue weighted by atomic mass is 32.1. The number of nitrogens with one attached hydrogen (secondary N) is 1. The van der Waals surface area contributed by atoms with Crippen LogP contribution in [-0.2, 0) is 4.74 Å². The zero-order chi connectivity index (χ0) is 22.6. The number of thiophene rings is 1. The molecule has 2 aliphatic heterocycles. The maximum atomic E-state index is 12.9. The van der Waals surface area contributed by atoms with Gasteiger partial charge in [-0.2, -0.15) is 0 Å². The Morgan fingerprint density at radius 2 is 1.76 bits per heavy atom. The molecule has 0 aliphatic carbocycles. The Morgan fingerprint density at radius 1 is 1.00 bits per heavy atom. The number of rotatable bonds is 5. The quantitative estimate of drug-likeness (QED) is 0.545. The molecule has 5 rings (SSSR count). The SMILES string of the molecule is Nc1ccc(-c2cccs2)cc1NC(=O)c1ccc(N2CCC(N3CCOCC3)CC2)cc1. The number of hydrogen-bond acceptors (Lipinski definition) is 6. The molecule has 2 fully saturated rings. The summed E-state index contributed by atoms with van der Waals surface area (Å²) in [7, 11) is 0. The zero-order valence-electron chi connectivity index (χ0n) is 18.7. The summed E-state index contributed by atoms with van der Waals surface area (Å²) in [5.41, 5.74) is 10.2. The first kappa shape index (κ1) is 21.9. The van der Waals surface area contributed by atoms with Crippen LogP contribution >= 0.6 is 11.3 Å². The van der Waals surface area contributed by atoms with E-state index in [0.717, 1.165) is 49.8 Å². The topological polar surface area (TPSA) is 70.8 Å². The molecule has 3 heterocycles. The van der Waals surface area contributed by atoms with Gasteiger partial charge in [0.25, 0.3) is 5.91 Å². The Kier molecular flexibility index (Phi) is 6.62. The smallest absolute Gasteiger partial charge is 0.255 e. The van der Waals surface area contributed by atoms with Gasteiger partial charge in [0.2, 0.25) is 0 Å². The van der Waals surface area contributed by atoms with Crippen molar-refractivity contribution in [2.75, 3.05) is 55.3 Å².